The van der Waals surface area contributed by atoms with Crippen molar-refractivity contribution in [2.24, 2.45) is 4.99 Å². The second-order valence-corrected chi connectivity index (χ2v) is 7.68. The Bertz CT molecular complexity index is 588. The summed E-state index contributed by atoms with van der Waals surface area (Å²) in [6.07, 6.45) is 3.50. The van der Waals surface area contributed by atoms with Gasteiger partial charge in [0.2, 0.25) is 0 Å². The molecule has 2 aliphatic heterocycles. The van der Waals surface area contributed by atoms with Gasteiger partial charge in [0.05, 0.1) is 6.54 Å². The summed E-state index contributed by atoms with van der Waals surface area (Å²) < 4.78 is 5.99. The summed E-state index contributed by atoms with van der Waals surface area (Å²) in [6, 6.07) is 8.29. The third kappa shape index (κ3) is 6.38. The number of fused-ring (bicyclic) bond motifs is 1. The lowest BCUT2D eigenvalue weighted by Crippen LogP contribution is -2.46. The molecule has 1 atom stereocenters. The molecule has 0 spiro atoms. The average Bonchev–Trinajstić information content (AvgIpc) is 3.15. The van der Waals surface area contributed by atoms with Gasteiger partial charge in [-0.1, -0.05) is 25.1 Å². The van der Waals surface area contributed by atoms with Crippen LogP contribution in [0.1, 0.15) is 32.3 Å². The molecule has 2 aliphatic rings. The van der Waals surface area contributed by atoms with Crippen LogP contribution in [0.5, 0.6) is 5.75 Å². The number of ether oxygens (including phenoxy) is 1. The van der Waals surface area contributed by atoms with Gasteiger partial charge in [0, 0.05) is 45.7 Å². The van der Waals surface area contributed by atoms with Gasteiger partial charge in [0.25, 0.3) is 0 Å². The Balaban J connectivity index is 1.32. The number of unbranched alkanes of at least 4 members (excludes halogenated alkanes) is 1. The molecule has 2 heterocycles. The summed E-state index contributed by atoms with van der Waals surface area (Å²) in [5.74, 6) is 1.92. The number of rotatable bonds is 9. The summed E-state index contributed by atoms with van der Waals surface area (Å²) >= 11 is 0. The van der Waals surface area contributed by atoms with Crippen molar-refractivity contribution in [3.05, 3.63) is 29.8 Å². The van der Waals surface area contributed by atoms with E-state index in [1.807, 2.05) is 12.1 Å². The Morgan fingerprint density at radius 2 is 1.86 bits per heavy atom. The van der Waals surface area contributed by atoms with Crippen molar-refractivity contribution >= 4 is 5.96 Å². The fraction of sp³-hybridized carbons (Fsp3) is 0.682. The highest BCUT2D eigenvalue weighted by molar-refractivity contribution is 5.79. The van der Waals surface area contributed by atoms with Crippen LogP contribution >= 0.6 is 0 Å². The van der Waals surface area contributed by atoms with E-state index >= 15 is 0 Å². The van der Waals surface area contributed by atoms with Gasteiger partial charge in [-0.25, -0.2) is 4.99 Å². The van der Waals surface area contributed by atoms with E-state index < -0.39 is 0 Å². The molecule has 6 nitrogen and oxygen atoms in total. The van der Waals surface area contributed by atoms with Crippen LogP contribution in [0.25, 0.3) is 0 Å². The SMILES string of the molecule is CCNC(=NCC1Cc2ccccc2O1)NCCCCN1CCN(CC)CC1. The Kier molecular flexibility index (Phi) is 8.42. The smallest absolute Gasteiger partial charge is 0.191 e. The quantitative estimate of drug-likeness (QED) is 0.385. The Labute approximate surface area is 170 Å². The van der Waals surface area contributed by atoms with Crippen LogP contribution in [0.4, 0.5) is 0 Å². The minimum atomic E-state index is 0.148. The Hall–Kier alpha value is -1.79. The normalized spacial score (nSPS) is 20.6. The van der Waals surface area contributed by atoms with Crippen molar-refractivity contribution in [1.29, 1.82) is 0 Å². The van der Waals surface area contributed by atoms with E-state index in [0.717, 1.165) is 31.2 Å². The number of hydrogen-bond acceptors (Lipinski definition) is 4. The van der Waals surface area contributed by atoms with E-state index in [2.05, 4.69) is 46.4 Å². The molecule has 1 aromatic carbocycles. The van der Waals surface area contributed by atoms with Crippen molar-refractivity contribution in [2.75, 3.05) is 58.9 Å². The van der Waals surface area contributed by atoms with Gasteiger partial charge < -0.3 is 25.2 Å². The van der Waals surface area contributed by atoms with Gasteiger partial charge in [-0.3, -0.25) is 0 Å². The zero-order valence-corrected chi connectivity index (χ0v) is 17.6. The van der Waals surface area contributed by atoms with E-state index in [0.29, 0.717) is 6.54 Å². The van der Waals surface area contributed by atoms with Crippen LogP contribution in [0.2, 0.25) is 0 Å². The van der Waals surface area contributed by atoms with E-state index in [1.165, 1.54) is 57.7 Å². The van der Waals surface area contributed by atoms with Gasteiger partial charge in [-0.05, 0) is 44.5 Å². The van der Waals surface area contributed by atoms with E-state index in [-0.39, 0.29) is 6.10 Å². The van der Waals surface area contributed by atoms with Crippen LogP contribution in [-0.4, -0.2) is 80.8 Å². The number of nitrogens with one attached hydrogen (secondary N) is 2. The molecule has 0 amide bonds. The topological polar surface area (TPSA) is 52.1 Å². The summed E-state index contributed by atoms with van der Waals surface area (Å²) in [5, 5.41) is 6.82. The first kappa shape index (κ1) is 20.9. The van der Waals surface area contributed by atoms with Crippen molar-refractivity contribution in [1.82, 2.24) is 20.4 Å². The van der Waals surface area contributed by atoms with Gasteiger partial charge in [-0.2, -0.15) is 0 Å². The van der Waals surface area contributed by atoms with Gasteiger partial charge in [0.1, 0.15) is 11.9 Å². The maximum Gasteiger partial charge on any atom is 0.191 e. The molecule has 0 aliphatic carbocycles. The molecule has 0 radical (unpaired) electrons. The van der Waals surface area contributed by atoms with E-state index in [1.54, 1.807) is 0 Å². The molecule has 0 bridgehead atoms. The van der Waals surface area contributed by atoms with Crippen LogP contribution in [0.15, 0.2) is 29.3 Å². The van der Waals surface area contributed by atoms with Crippen molar-refractivity contribution in [2.45, 2.75) is 39.2 Å². The molecule has 1 unspecified atom stereocenters. The van der Waals surface area contributed by atoms with Gasteiger partial charge in [-0.15, -0.1) is 0 Å². The standard InChI is InChI=1S/C22H37N5O/c1-3-23-22(25-18-20-17-19-9-5-6-10-21(19)28-20)24-11-7-8-12-27-15-13-26(4-2)14-16-27/h5-6,9-10,20H,3-4,7-8,11-18H2,1-2H3,(H2,23,24,25). The lowest BCUT2D eigenvalue weighted by molar-refractivity contribution is 0.136. The molecule has 1 saturated heterocycles. The largest absolute Gasteiger partial charge is 0.488 e. The maximum atomic E-state index is 5.99. The highest BCUT2D eigenvalue weighted by atomic mass is 16.5. The first-order chi connectivity index (χ1) is 13.8. The maximum absolute atomic E-state index is 5.99. The Morgan fingerprint density at radius 3 is 2.61 bits per heavy atom. The predicted molar refractivity (Wildman–Crippen MR) is 116 cm³/mol. The van der Waals surface area contributed by atoms with E-state index in [4.69, 9.17) is 9.73 Å². The molecule has 0 saturated carbocycles. The van der Waals surface area contributed by atoms with Crippen molar-refractivity contribution < 1.29 is 4.74 Å². The number of nitrogens with zero attached hydrogens (tertiary/aromatic N) is 3. The van der Waals surface area contributed by atoms with Crippen molar-refractivity contribution in [3.8, 4) is 5.75 Å². The summed E-state index contributed by atoms with van der Waals surface area (Å²) in [5.41, 5.74) is 1.29. The van der Waals surface area contributed by atoms with Crippen molar-refractivity contribution in [3.63, 3.8) is 0 Å². The highest BCUT2D eigenvalue weighted by Gasteiger charge is 2.22. The number of benzene rings is 1. The third-order valence-electron chi connectivity index (χ3n) is 5.62. The lowest BCUT2D eigenvalue weighted by Gasteiger charge is -2.34. The molecular formula is C22H37N5O. The first-order valence-corrected chi connectivity index (χ1v) is 11.0. The zero-order chi connectivity index (χ0) is 19.6. The van der Waals surface area contributed by atoms with Crippen LogP contribution in [0, 0.1) is 0 Å². The molecule has 28 heavy (non-hydrogen) atoms. The third-order valence-corrected chi connectivity index (χ3v) is 5.62. The zero-order valence-electron chi connectivity index (χ0n) is 17.6. The summed E-state index contributed by atoms with van der Waals surface area (Å²) in [7, 11) is 0. The van der Waals surface area contributed by atoms with Crippen LogP contribution in [-0.2, 0) is 6.42 Å². The minimum Gasteiger partial charge on any atom is -0.488 e. The highest BCUT2D eigenvalue weighted by Crippen LogP contribution is 2.28. The molecule has 1 aromatic rings. The predicted octanol–water partition coefficient (Wildman–Crippen LogP) is 1.96. The Morgan fingerprint density at radius 1 is 1.07 bits per heavy atom. The lowest BCUT2D eigenvalue weighted by atomic mass is 10.1. The molecule has 0 aromatic heterocycles. The van der Waals surface area contributed by atoms with Gasteiger partial charge in [0.15, 0.2) is 5.96 Å². The van der Waals surface area contributed by atoms with E-state index in [9.17, 15) is 0 Å². The first-order valence-electron chi connectivity index (χ1n) is 11.0. The molecule has 2 N–H and O–H groups in total. The average molecular weight is 388 g/mol. The molecular weight excluding hydrogens is 350 g/mol. The fourth-order valence-corrected chi connectivity index (χ4v) is 3.89. The molecule has 6 heteroatoms. The number of hydrogen-bond donors (Lipinski definition) is 2. The summed E-state index contributed by atoms with van der Waals surface area (Å²) in [4.78, 5) is 9.87. The molecule has 156 valence electrons. The number of guanidine groups is 1. The number of para-hydroxylation sites is 1. The minimum absolute atomic E-state index is 0.148. The molecule has 3 rings (SSSR count). The number of aliphatic imine (C=N–C) groups is 1. The second kappa shape index (κ2) is 11.3. The van der Waals surface area contributed by atoms with Gasteiger partial charge >= 0.3 is 0 Å². The molecule has 1 fully saturated rings. The van der Waals surface area contributed by atoms with Crippen LogP contribution in [0.3, 0.4) is 0 Å². The fourth-order valence-electron chi connectivity index (χ4n) is 3.89. The second-order valence-electron chi connectivity index (χ2n) is 7.68. The monoisotopic (exact) mass is 387 g/mol. The van der Waals surface area contributed by atoms with Crippen LogP contribution < -0.4 is 15.4 Å². The summed E-state index contributed by atoms with van der Waals surface area (Å²) in [6.45, 7) is 14.2. The number of piperazine rings is 1. The number of likely N-dealkylation sites (N-methyl/N-ethyl adjacent to an activating group) is 1.